The van der Waals surface area contributed by atoms with Gasteiger partial charge in [-0.15, -0.1) is 0 Å². The summed E-state index contributed by atoms with van der Waals surface area (Å²) in [5.41, 5.74) is -1.47. The molecule has 0 N–H and O–H groups in total. The lowest BCUT2D eigenvalue weighted by molar-refractivity contribution is -0.137. The van der Waals surface area contributed by atoms with Crippen LogP contribution in [0, 0.1) is 11.3 Å². The number of nitrogens with zero attached hydrogens (tertiary/aromatic N) is 2. The summed E-state index contributed by atoms with van der Waals surface area (Å²) in [6.07, 6.45) is -3.46. The van der Waals surface area contributed by atoms with E-state index in [9.17, 15) is 18.0 Å². The highest BCUT2D eigenvalue weighted by Gasteiger charge is 2.31. The second-order valence-electron chi connectivity index (χ2n) is 2.58. The first kappa shape index (κ1) is 11.0. The van der Waals surface area contributed by atoms with Gasteiger partial charge in [0.2, 0.25) is 6.08 Å². The zero-order valence-electron chi connectivity index (χ0n) is 7.17. The zero-order chi connectivity index (χ0) is 11.5. The molecule has 1 aromatic carbocycles. The Bertz CT molecular complexity index is 467. The normalized spacial score (nSPS) is 10.3. The Morgan fingerprint density at radius 3 is 2.40 bits per heavy atom. The van der Waals surface area contributed by atoms with Crippen LogP contribution in [0.2, 0.25) is 0 Å². The van der Waals surface area contributed by atoms with Gasteiger partial charge in [-0.3, -0.25) is 0 Å². The van der Waals surface area contributed by atoms with Crippen molar-refractivity contribution >= 4 is 11.8 Å². The Balaban J connectivity index is 3.37. The number of halogens is 3. The molecule has 0 amide bonds. The largest absolute Gasteiger partial charge is 0.416 e. The fourth-order valence-electron chi connectivity index (χ4n) is 0.957. The van der Waals surface area contributed by atoms with Crippen LogP contribution in [0.15, 0.2) is 23.2 Å². The molecule has 76 valence electrons. The first-order valence-corrected chi connectivity index (χ1v) is 3.67. The first-order chi connectivity index (χ1) is 6.97. The minimum Gasteiger partial charge on any atom is -0.211 e. The molecule has 0 fully saturated rings. The molecule has 0 unspecified atom stereocenters. The molecule has 0 saturated heterocycles. The van der Waals surface area contributed by atoms with Crippen LogP contribution in [0.3, 0.4) is 0 Å². The summed E-state index contributed by atoms with van der Waals surface area (Å²) in [7, 11) is 0. The second kappa shape index (κ2) is 3.95. The van der Waals surface area contributed by atoms with Crippen molar-refractivity contribution in [1.82, 2.24) is 0 Å². The molecule has 0 atom stereocenters. The van der Waals surface area contributed by atoms with Crippen LogP contribution in [-0.4, -0.2) is 6.08 Å². The van der Waals surface area contributed by atoms with Crippen LogP contribution < -0.4 is 0 Å². The van der Waals surface area contributed by atoms with E-state index < -0.39 is 11.7 Å². The third-order valence-electron chi connectivity index (χ3n) is 1.55. The molecule has 1 rings (SSSR count). The van der Waals surface area contributed by atoms with Crippen LogP contribution in [0.4, 0.5) is 18.9 Å². The van der Waals surface area contributed by atoms with Gasteiger partial charge in [0.1, 0.15) is 0 Å². The predicted molar refractivity (Wildman–Crippen MR) is 43.9 cm³/mol. The van der Waals surface area contributed by atoms with E-state index in [1.165, 1.54) is 0 Å². The minimum atomic E-state index is -4.57. The van der Waals surface area contributed by atoms with E-state index >= 15 is 0 Å². The van der Waals surface area contributed by atoms with E-state index in [-0.39, 0.29) is 11.3 Å². The molecule has 0 spiro atoms. The van der Waals surface area contributed by atoms with Crippen LogP contribution in [0.25, 0.3) is 0 Å². The van der Waals surface area contributed by atoms with Gasteiger partial charge in [0.05, 0.1) is 22.9 Å². The zero-order valence-corrected chi connectivity index (χ0v) is 7.17. The van der Waals surface area contributed by atoms with Crippen molar-refractivity contribution in [1.29, 1.82) is 5.26 Å². The molecule has 0 aliphatic carbocycles. The molecule has 0 aliphatic heterocycles. The molecule has 0 aromatic heterocycles. The van der Waals surface area contributed by atoms with Crippen molar-refractivity contribution < 1.29 is 18.0 Å². The maximum atomic E-state index is 12.3. The summed E-state index contributed by atoms with van der Waals surface area (Å²) in [5.74, 6) is 0. The summed E-state index contributed by atoms with van der Waals surface area (Å²) in [6.45, 7) is 0. The number of aliphatic imine (C=N–C) groups is 1. The molecule has 15 heavy (non-hydrogen) atoms. The lowest BCUT2D eigenvalue weighted by Gasteiger charge is -2.06. The summed E-state index contributed by atoms with van der Waals surface area (Å²) < 4.78 is 36.8. The van der Waals surface area contributed by atoms with E-state index in [4.69, 9.17) is 5.26 Å². The average Bonchev–Trinajstić information content (AvgIpc) is 2.16. The van der Waals surface area contributed by atoms with Crippen molar-refractivity contribution in [3.8, 4) is 6.07 Å². The first-order valence-electron chi connectivity index (χ1n) is 3.67. The Labute approximate surface area is 82.5 Å². The minimum absolute atomic E-state index is 0.209. The third kappa shape index (κ3) is 2.66. The Morgan fingerprint density at radius 1 is 1.27 bits per heavy atom. The highest BCUT2D eigenvalue weighted by molar-refractivity contribution is 5.54. The second-order valence-corrected chi connectivity index (χ2v) is 2.58. The quantitative estimate of drug-likeness (QED) is 0.530. The van der Waals surface area contributed by atoms with Gasteiger partial charge in [-0.2, -0.15) is 23.4 Å². The fourth-order valence-corrected chi connectivity index (χ4v) is 0.957. The van der Waals surface area contributed by atoms with Crippen LogP contribution >= 0.6 is 0 Å². The molecule has 0 heterocycles. The number of hydrogen-bond acceptors (Lipinski definition) is 3. The Hall–Kier alpha value is -2.12. The van der Waals surface area contributed by atoms with Gasteiger partial charge in [0, 0.05) is 0 Å². The lowest BCUT2D eigenvalue weighted by Crippen LogP contribution is -2.04. The van der Waals surface area contributed by atoms with E-state index in [0.29, 0.717) is 12.1 Å². The molecule has 0 bridgehead atoms. The topological polar surface area (TPSA) is 53.2 Å². The van der Waals surface area contributed by atoms with E-state index in [2.05, 4.69) is 4.99 Å². The molecular weight excluding hydrogens is 209 g/mol. The van der Waals surface area contributed by atoms with Gasteiger partial charge in [-0.25, -0.2) is 4.79 Å². The van der Waals surface area contributed by atoms with Crippen molar-refractivity contribution in [2.24, 2.45) is 4.99 Å². The smallest absolute Gasteiger partial charge is 0.211 e. The van der Waals surface area contributed by atoms with Crippen LogP contribution in [0.5, 0.6) is 0 Å². The Morgan fingerprint density at radius 2 is 1.93 bits per heavy atom. The summed E-state index contributed by atoms with van der Waals surface area (Å²) >= 11 is 0. The summed E-state index contributed by atoms with van der Waals surface area (Å²) in [6, 6.07) is 3.97. The number of benzene rings is 1. The molecule has 3 nitrogen and oxygen atoms in total. The predicted octanol–water partition coefficient (Wildman–Crippen LogP) is 2.54. The number of nitriles is 1. The number of carbonyl (C=O) groups excluding carboxylic acids is 1. The van der Waals surface area contributed by atoms with E-state index in [1.807, 2.05) is 0 Å². The third-order valence-corrected chi connectivity index (χ3v) is 1.55. The molecular formula is C9H3F3N2O. The number of hydrogen-bond donors (Lipinski definition) is 0. The highest BCUT2D eigenvalue weighted by atomic mass is 19.4. The highest BCUT2D eigenvalue weighted by Crippen LogP contribution is 2.32. The monoisotopic (exact) mass is 212 g/mol. The van der Waals surface area contributed by atoms with E-state index in [0.717, 1.165) is 12.1 Å². The van der Waals surface area contributed by atoms with Gasteiger partial charge in [0.15, 0.2) is 0 Å². The standard InChI is InChI=1S/C9H3F3N2O/c10-9(11,12)7-1-6(4-13)2-8(3-7)14-5-15/h1-3H. The van der Waals surface area contributed by atoms with Gasteiger partial charge in [-0.05, 0) is 18.2 Å². The van der Waals surface area contributed by atoms with Crippen molar-refractivity contribution in [2.75, 3.05) is 0 Å². The number of rotatable bonds is 1. The van der Waals surface area contributed by atoms with Crippen molar-refractivity contribution in [2.45, 2.75) is 6.18 Å². The Kier molecular flexibility index (Phi) is 2.88. The van der Waals surface area contributed by atoms with Crippen molar-refractivity contribution in [3.05, 3.63) is 29.3 Å². The summed E-state index contributed by atoms with van der Waals surface area (Å²) in [5, 5.41) is 8.46. The van der Waals surface area contributed by atoms with Gasteiger partial charge >= 0.3 is 6.18 Å². The van der Waals surface area contributed by atoms with Gasteiger partial charge in [-0.1, -0.05) is 0 Å². The summed E-state index contributed by atoms with van der Waals surface area (Å²) in [4.78, 5) is 12.9. The molecule has 1 aromatic rings. The average molecular weight is 212 g/mol. The van der Waals surface area contributed by atoms with Gasteiger partial charge < -0.3 is 0 Å². The van der Waals surface area contributed by atoms with Gasteiger partial charge in [0.25, 0.3) is 0 Å². The number of isocyanates is 1. The number of alkyl halides is 3. The van der Waals surface area contributed by atoms with Crippen LogP contribution in [0.1, 0.15) is 11.1 Å². The van der Waals surface area contributed by atoms with Crippen LogP contribution in [-0.2, 0) is 11.0 Å². The maximum Gasteiger partial charge on any atom is 0.416 e. The van der Waals surface area contributed by atoms with Crippen molar-refractivity contribution in [3.63, 3.8) is 0 Å². The molecule has 0 radical (unpaired) electrons. The fraction of sp³-hybridized carbons (Fsp3) is 0.111. The molecule has 0 aliphatic rings. The SMILES string of the molecule is N#Cc1cc(N=C=O)cc(C(F)(F)F)c1. The lowest BCUT2D eigenvalue weighted by atomic mass is 10.1. The van der Waals surface area contributed by atoms with E-state index in [1.54, 1.807) is 6.07 Å². The molecule has 6 heteroatoms. The maximum absolute atomic E-state index is 12.3. The molecule has 0 saturated carbocycles.